The lowest BCUT2D eigenvalue weighted by atomic mass is 10.1. The van der Waals surface area contributed by atoms with Gasteiger partial charge < -0.3 is 20.0 Å². The van der Waals surface area contributed by atoms with Crippen LogP contribution in [0.5, 0.6) is 5.88 Å². The zero-order valence-electron chi connectivity index (χ0n) is 19.3. The maximum Gasteiger partial charge on any atom is 0.280 e. The van der Waals surface area contributed by atoms with Gasteiger partial charge in [0.1, 0.15) is 17.0 Å². The summed E-state index contributed by atoms with van der Waals surface area (Å²) in [6.07, 6.45) is 1.75. The predicted octanol–water partition coefficient (Wildman–Crippen LogP) is 2.11. The molecule has 0 spiro atoms. The number of benzene rings is 1. The number of hydrogen-bond donors (Lipinski definition) is 2. The second-order valence-corrected chi connectivity index (χ2v) is 11.6. The van der Waals surface area contributed by atoms with Crippen LogP contribution in [0, 0.1) is 0 Å². The molecule has 1 atom stereocenters. The van der Waals surface area contributed by atoms with Crippen LogP contribution in [0.3, 0.4) is 0 Å². The third kappa shape index (κ3) is 5.48. The van der Waals surface area contributed by atoms with E-state index in [-0.39, 0.29) is 22.0 Å². The van der Waals surface area contributed by atoms with Crippen LogP contribution in [-0.4, -0.2) is 67.7 Å². The number of nitrogens with one attached hydrogen (secondary N) is 1. The number of fused-ring (bicyclic) bond motifs is 1. The molecule has 1 aliphatic carbocycles. The summed E-state index contributed by atoms with van der Waals surface area (Å²) < 4.78 is 35.8. The molecule has 2 aromatic heterocycles. The van der Waals surface area contributed by atoms with Crippen molar-refractivity contribution in [1.29, 1.82) is 0 Å². The number of carbonyl (C=O) groups excluding carboxylic acids is 1. The largest absolute Gasteiger partial charge is 0.476 e. The number of hydrogen-bond acceptors (Lipinski definition) is 11. The molecule has 2 fully saturated rings. The van der Waals surface area contributed by atoms with Gasteiger partial charge in [0.05, 0.1) is 23.4 Å². The molecule has 1 saturated carbocycles. The molecule has 2 aliphatic rings. The summed E-state index contributed by atoms with van der Waals surface area (Å²) in [7, 11) is -3.35. The summed E-state index contributed by atoms with van der Waals surface area (Å²) >= 11 is 1.18. The van der Waals surface area contributed by atoms with Crippen molar-refractivity contribution in [2.45, 2.75) is 35.5 Å². The van der Waals surface area contributed by atoms with Crippen molar-refractivity contribution in [2.75, 3.05) is 31.7 Å². The highest BCUT2D eigenvalue weighted by molar-refractivity contribution is 7.92. The number of thiazole rings is 1. The molecule has 1 aliphatic heterocycles. The first kappa shape index (κ1) is 24.6. The minimum absolute atomic E-state index is 0.00328. The molecule has 190 valence electrons. The van der Waals surface area contributed by atoms with E-state index in [4.69, 9.17) is 20.0 Å². The van der Waals surface area contributed by atoms with Crippen molar-refractivity contribution < 1.29 is 27.5 Å². The van der Waals surface area contributed by atoms with Gasteiger partial charge >= 0.3 is 0 Å². The Balaban J connectivity index is 1.38. The lowest BCUT2D eigenvalue weighted by Crippen LogP contribution is -2.25. The number of nitrogens with zero attached hydrogens (tertiary/aromatic N) is 3. The van der Waals surface area contributed by atoms with Gasteiger partial charge in [-0.1, -0.05) is 28.6 Å². The van der Waals surface area contributed by atoms with Crippen molar-refractivity contribution in [1.82, 2.24) is 9.97 Å². The molecule has 0 bridgehead atoms. The number of pyridine rings is 1. The smallest absolute Gasteiger partial charge is 0.280 e. The number of amides is 1. The molecule has 11 nitrogen and oxygen atoms in total. The van der Waals surface area contributed by atoms with Gasteiger partial charge in [-0.15, -0.1) is 0 Å². The Hall–Kier alpha value is -3.13. The van der Waals surface area contributed by atoms with Gasteiger partial charge in [0, 0.05) is 24.6 Å². The molecular formula is C23H25N5O6S2. The topological polar surface area (TPSA) is 155 Å². The third-order valence-corrected chi connectivity index (χ3v) is 8.79. The Morgan fingerprint density at radius 1 is 1.17 bits per heavy atom. The number of anilines is 1. The second kappa shape index (κ2) is 10.5. The number of rotatable bonds is 10. The Kier molecular flexibility index (Phi) is 7.14. The van der Waals surface area contributed by atoms with Crippen LogP contribution in [0.25, 0.3) is 10.3 Å². The number of carbonyl (C=O) groups is 1. The Morgan fingerprint density at radius 2 is 1.97 bits per heavy atom. The molecular weight excluding hydrogens is 506 g/mol. The molecule has 3 aromatic rings. The normalized spacial score (nSPS) is 18.4. The van der Waals surface area contributed by atoms with Crippen LogP contribution >= 0.6 is 11.3 Å². The highest BCUT2D eigenvalue weighted by Crippen LogP contribution is 2.33. The Labute approximate surface area is 211 Å². The van der Waals surface area contributed by atoms with Crippen LogP contribution in [0.1, 0.15) is 24.8 Å². The fraction of sp³-hybridized carbons (Fsp3) is 0.391. The van der Waals surface area contributed by atoms with Crippen LogP contribution < -0.4 is 15.8 Å². The van der Waals surface area contributed by atoms with E-state index in [9.17, 15) is 13.2 Å². The highest BCUT2D eigenvalue weighted by Gasteiger charge is 2.36. The van der Waals surface area contributed by atoms with Crippen LogP contribution in [0.2, 0.25) is 0 Å². The lowest BCUT2D eigenvalue weighted by molar-refractivity contribution is -0.110. The lowest BCUT2D eigenvalue weighted by Gasteiger charge is -2.10. The average molecular weight is 532 g/mol. The van der Waals surface area contributed by atoms with Gasteiger partial charge in [-0.25, -0.2) is 18.4 Å². The van der Waals surface area contributed by atoms with E-state index in [1.54, 1.807) is 24.3 Å². The van der Waals surface area contributed by atoms with Gasteiger partial charge in [0.2, 0.25) is 5.88 Å². The Morgan fingerprint density at radius 3 is 2.67 bits per heavy atom. The van der Waals surface area contributed by atoms with Crippen LogP contribution in [0.4, 0.5) is 5.13 Å². The summed E-state index contributed by atoms with van der Waals surface area (Å²) in [5.41, 5.74) is 6.48. The zero-order chi connectivity index (χ0) is 25.1. The standard InChI is InChI=1S/C23H25N5O6S2/c24-10-12-33-19-8-7-18-22(26-19)35-23(25-18)27-21(29)20(28-34-15-9-11-32-13-15)14-1-3-16(4-2-14)36(30,31)17-5-6-17/h1-4,7-8,15,17H,5-6,9-13,24H2,(H,25,27,29)/b28-20+/t15-/m1/s1. The van der Waals surface area contributed by atoms with Crippen LogP contribution in [0.15, 0.2) is 46.4 Å². The molecule has 0 unspecified atom stereocenters. The first-order valence-electron chi connectivity index (χ1n) is 11.5. The van der Waals surface area contributed by atoms with Crippen molar-refractivity contribution in [3.8, 4) is 5.88 Å². The maximum absolute atomic E-state index is 13.2. The molecule has 1 saturated heterocycles. The SMILES string of the molecule is NCCOc1ccc2nc(NC(=O)/C(=N/O[C@@H]3CCOC3)c3ccc(S(=O)(=O)C4CC4)cc3)sc2n1. The number of ether oxygens (including phenoxy) is 2. The second-order valence-electron chi connectivity index (χ2n) is 8.38. The van der Waals surface area contributed by atoms with Crippen LogP contribution in [-0.2, 0) is 24.2 Å². The fourth-order valence-corrected chi connectivity index (χ4v) is 6.06. The van der Waals surface area contributed by atoms with Crippen molar-refractivity contribution in [2.24, 2.45) is 10.9 Å². The van der Waals surface area contributed by atoms with Crippen molar-refractivity contribution in [3.05, 3.63) is 42.0 Å². The molecule has 5 rings (SSSR count). The molecule has 0 radical (unpaired) electrons. The van der Waals surface area contributed by atoms with E-state index in [0.29, 0.717) is 72.5 Å². The van der Waals surface area contributed by atoms with E-state index in [1.165, 1.54) is 23.5 Å². The molecule has 1 aromatic carbocycles. The monoisotopic (exact) mass is 531 g/mol. The fourth-order valence-electron chi connectivity index (χ4n) is 3.58. The van der Waals surface area contributed by atoms with Gasteiger partial charge in [-0.3, -0.25) is 10.1 Å². The average Bonchev–Trinajstić information content (AvgIpc) is 3.48. The molecule has 1 amide bonds. The van der Waals surface area contributed by atoms with Gasteiger partial charge in [-0.05, 0) is 31.0 Å². The van der Waals surface area contributed by atoms with E-state index in [2.05, 4.69) is 20.4 Å². The molecule has 3 heterocycles. The van der Waals surface area contributed by atoms with E-state index in [1.807, 2.05) is 0 Å². The van der Waals surface area contributed by atoms with Gasteiger partial charge in [-0.2, -0.15) is 0 Å². The maximum atomic E-state index is 13.2. The number of nitrogens with two attached hydrogens (primary N) is 1. The summed E-state index contributed by atoms with van der Waals surface area (Å²) in [6.45, 7) is 1.65. The third-order valence-electron chi connectivity index (χ3n) is 5.63. The van der Waals surface area contributed by atoms with Gasteiger partial charge in [0.15, 0.2) is 26.8 Å². The summed E-state index contributed by atoms with van der Waals surface area (Å²) in [5, 5.41) is 6.87. The number of sulfone groups is 1. The molecule has 36 heavy (non-hydrogen) atoms. The first-order valence-corrected chi connectivity index (χ1v) is 13.9. The van der Waals surface area contributed by atoms with Crippen molar-refractivity contribution in [3.63, 3.8) is 0 Å². The first-order chi connectivity index (χ1) is 17.4. The van der Waals surface area contributed by atoms with E-state index >= 15 is 0 Å². The predicted molar refractivity (Wildman–Crippen MR) is 134 cm³/mol. The van der Waals surface area contributed by atoms with E-state index < -0.39 is 15.7 Å². The molecule has 13 heteroatoms. The number of aromatic nitrogens is 2. The molecule has 3 N–H and O–H groups in total. The zero-order valence-corrected chi connectivity index (χ0v) is 20.9. The Bertz CT molecular complexity index is 1380. The minimum Gasteiger partial charge on any atom is -0.476 e. The van der Waals surface area contributed by atoms with Crippen molar-refractivity contribution >= 4 is 48.3 Å². The summed E-state index contributed by atoms with van der Waals surface area (Å²) in [5.74, 6) is -0.129. The summed E-state index contributed by atoms with van der Waals surface area (Å²) in [4.78, 5) is 28.4. The highest BCUT2D eigenvalue weighted by atomic mass is 32.2. The van der Waals surface area contributed by atoms with Gasteiger partial charge in [0.25, 0.3) is 5.91 Å². The summed E-state index contributed by atoms with van der Waals surface area (Å²) in [6, 6.07) is 9.54. The minimum atomic E-state index is -3.35. The number of oxime groups is 1. The quantitative estimate of drug-likeness (QED) is 0.295. The van der Waals surface area contributed by atoms with E-state index in [0.717, 1.165) is 0 Å².